The number of aromatic amines is 1. The fourth-order valence-electron chi connectivity index (χ4n) is 2.09. The van der Waals surface area contributed by atoms with Crippen LogP contribution in [0.25, 0.3) is 0 Å². The van der Waals surface area contributed by atoms with Crippen LogP contribution in [0.15, 0.2) is 9.95 Å². The average Bonchev–Trinajstić information content (AvgIpc) is 3.13. The van der Waals surface area contributed by atoms with Gasteiger partial charge in [-0.1, -0.05) is 30.0 Å². The van der Waals surface area contributed by atoms with Crippen LogP contribution in [0.3, 0.4) is 0 Å². The normalized spacial score (nSPS) is 14.5. The summed E-state index contributed by atoms with van der Waals surface area (Å²) >= 11 is 4.28. The van der Waals surface area contributed by atoms with E-state index in [2.05, 4.69) is 25.5 Å². The molecule has 23 heavy (non-hydrogen) atoms. The van der Waals surface area contributed by atoms with E-state index in [1.807, 2.05) is 13.8 Å². The van der Waals surface area contributed by atoms with Crippen molar-refractivity contribution in [3.8, 4) is 0 Å². The lowest BCUT2D eigenvalue weighted by Gasteiger charge is -2.13. The number of anilines is 1. The monoisotopic (exact) mass is 369 g/mol. The predicted molar refractivity (Wildman–Crippen MR) is 93.1 cm³/mol. The van der Waals surface area contributed by atoms with Gasteiger partial charge in [0.2, 0.25) is 11.0 Å². The lowest BCUT2D eigenvalue weighted by molar-refractivity contribution is -0.115. The molecule has 1 atom stereocenters. The molecule has 0 spiro atoms. The van der Waals surface area contributed by atoms with E-state index in [4.69, 9.17) is 0 Å². The maximum Gasteiger partial charge on any atom is 0.255 e. The van der Waals surface area contributed by atoms with Crippen LogP contribution in [-0.4, -0.2) is 31.3 Å². The molecule has 3 rings (SSSR count). The topological polar surface area (TPSA) is 101 Å². The van der Waals surface area contributed by atoms with Crippen molar-refractivity contribution in [3.63, 3.8) is 0 Å². The summed E-state index contributed by atoms with van der Waals surface area (Å²) < 4.78 is 0. The molecule has 0 saturated heterocycles. The highest BCUT2D eigenvalue weighted by molar-refractivity contribution is 8.00. The number of aryl methyl sites for hydroxylation is 1. The first-order chi connectivity index (χ1) is 11.1. The van der Waals surface area contributed by atoms with E-state index in [9.17, 15) is 9.59 Å². The van der Waals surface area contributed by atoms with E-state index in [1.54, 1.807) is 11.8 Å². The molecule has 0 aliphatic carbocycles. The Morgan fingerprint density at radius 1 is 1.43 bits per heavy atom. The van der Waals surface area contributed by atoms with Crippen LogP contribution in [0.1, 0.15) is 29.6 Å². The van der Waals surface area contributed by atoms with Crippen LogP contribution < -0.4 is 10.9 Å². The molecule has 0 fully saturated rings. The first-order valence-electron chi connectivity index (χ1n) is 7.04. The zero-order valence-corrected chi connectivity index (χ0v) is 15.0. The zero-order chi connectivity index (χ0) is 16.4. The molecule has 3 heterocycles. The molecule has 2 aromatic heterocycles. The van der Waals surface area contributed by atoms with Crippen molar-refractivity contribution in [2.45, 2.75) is 42.2 Å². The minimum Gasteiger partial charge on any atom is -0.301 e. The summed E-state index contributed by atoms with van der Waals surface area (Å²) in [5, 5.41) is 11.9. The van der Waals surface area contributed by atoms with Gasteiger partial charge in [-0.25, -0.2) is 4.98 Å². The molecule has 0 radical (unpaired) electrons. The third kappa shape index (κ3) is 3.75. The Morgan fingerprint density at radius 3 is 2.96 bits per heavy atom. The van der Waals surface area contributed by atoms with Gasteiger partial charge in [0.05, 0.1) is 10.9 Å². The third-order valence-corrected chi connectivity index (χ3v) is 6.21. The SMILES string of the molecule is CCC(Sc1nc2c(c(=O)[nH]1)CSC2)C(=O)Nc1nnc(C)s1. The molecular formula is C13H15N5O2S3. The van der Waals surface area contributed by atoms with E-state index in [0.29, 0.717) is 22.5 Å². The molecule has 0 saturated carbocycles. The molecule has 1 aliphatic heterocycles. The van der Waals surface area contributed by atoms with Crippen LogP contribution in [0, 0.1) is 6.92 Å². The molecule has 0 aromatic carbocycles. The molecule has 2 aromatic rings. The fourth-order valence-corrected chi connectivity index (χ4v) is 4.63. The number of amides is 1. The van der Waals surface area contributed by atoms with Gasteiger partial charge < -0.3 is 4.98 Å². The number of rotatable bonds is 5. The Balaban J connectivity index is 1.73. The largest absolute Gasteiger partial charge is 0.301 e. The molecule has 0 bridgehead atoms. The van der Waals surface area contributed by atoms with Crippen molar-refractivity contribution < 1.29 is 4.79 Å². The van der Waals surface area contributed by atoms with Crippen molar-refractivity contribution in [1.29, 1.82) is 0 Å². The minimum absolute atomic E-state index is 0.0995. The number of hydrogen-bond acceptors (Lipinski definition) is 8. The summed E-state index contributed by atoms with van der Waals surface area (Å²) in [6.07, 6.45) is 0.615. The number of hydrogen-bond donors (Lipinski definition) is 2. The van der Waals surface area contributed by atoms with Gasteiger partial charge >= 0.3 is 0 Å². The Kier molecular flexibility index (Phi) is 5.02. The van der Waals surface area contributed by atoms with Crippen molar-refractivity contribution in [2.75, 3.05) is 5.32 Å². The number of carbonyl (C=O) groups excluding carboxylic acids is 1. The second-order valence-corrected chi connectivity index (χ2v) is 8.28. The van der Waals surface area contributed by atoms with Crippen molar-refractivity contribution in [1.82, 2.24) is 20.2 Å². The summed E-state index contributed by atoms with van der Waals surface area (Å²) in [5.41, 5.74) is 1.48. The maximum absolute atomic E-state index is 12.4. The van der Waals surface area contributed by atoms with Crippen LogP contribution in [0.5, 0.6) is 0 Å². The maximum atomic E-state index is 12.4. The quantitative estimate of drug-likeness (QED) is 0.615. The van der Waals surface area contributed by atoms with Gasteiger partial charge in [-0.2, -0.15) is 11.8 Å². The Hall–Kier alpha value is -1.39. The van der Waals surface area contributed by atoms with Crippen molar-refractivity contribution in [3.05, 3.63) is 26.6 Å². The smallest absolute Gasteiger partial charge is 0.255 e. The van der Waals surface area contributed by atoms with Gasteiger partial charge in [0.1, 0.15) is 5.01 Å². The first kappa shape index (κ1) is 16.5. The van der Waals surface area contributed by atoms with Gasteiger partial charge in [-0.15, -0.1) is 10.2 Å². The zero-order valence-electron chi connectivity index (χ0n) is 12.6. The Bertz CT molecular complexity index is 788. The van der Waals surface area contributed by atoms with Gasteiger partial charge in [0.15, 0.2) is 5.16 Å². The van der Waals surface area contributed by atoms with Crippen LogP contribution in [0.4, 0.5) is 5.13 Å². The number of nitrogens with zero attached hydrogens (tertiary/aromatic N) is 3. The second-order valence-electron chi connectivity index (χ2n) is 4.92. The number of nitrogens with one attached hydrogen (secondary N) is 2. The molecule has 122 valence electrons. The van der Waals surface area contributed by atoms with Crippen molar-refractivity contribution in [2.24, 2.45) is 0 Å². The standard InChI is InChI=1S/C13H15N5O2S3/c1-3-9(11(20)16-13-18-17-6(2)22-13)23-12-14-8-5-21-4-7(8)10(19)15-12/h9H,3-5H2,1-2H3,(H,14,15,19)(H,16,18,20). The average molecular weight is 369 g/mol. The van der Waals surface area contributed by atoms with Crippen LogP contribution in [-0.2, 0) is 16.3 Å². The summed E-state index contributed by atoms with van der Waals surface area (Å²) in [7, 11) is 0. The molecule has 7 nitrogen and oxygen atoms in total. The highest BCUT2D eigenvalue weighted by atomic mass is 32.2. The van der Waals surface area contributed by atoms with Gasteiger partial charge in [-0.05, 0) is 13.3 Å². The Morgan fingerprint density at radius 2 is 2.26 bits per heavy atom. The highest BCUT2D eigenvalue weighted by Crippen LogP contribution is 2.29. The summed E-state index contributed by atoms with van der Waals surface area (Å²) in [5.74, 6) is 1.29. The number of H-pyrrole nitrogens is 1. The molecule has 1 aliphatic rings. The second kappa shape index (κ2) is 7.02. The van der Waals surface area contributed by atoms with E-state index in [1.165, 1.54) is 23.1 Å². The molecule has 1 unspecified atom stereocenters. The number of carbonyl (C=O) groups is 1. The van der Waals surface area contributed by atoms with E-state index in [0.717, 1.165) is 22.0 Å². The van der Waals surface area contributed by atoms with Gasteiger partial charge in [0.25, 0.3) is 5.56 Å². The molecule has 1 amide bonds. The summed E-state index contributed by atoms with van der Waals surface area (Å²) in [6, 6.07) is 0. The number of fused-ring (bicyclic) bond motifs is 1. The highest BCUT2D eigenvalue weighted by Gasteiger charge is 2.23. The minimum atomic E-state index is -0.352. The number of thioether (sulfide) groups is 2. The molecule has 10 heteroatoms. The summed E-state index contributed by atoms with van der Waals surface area (Å²) in [6.45, 7) is 3.75. The lowest BCUT2D eigenvalue weighted by Crippen LogP contribution is -2.25. The van der Waals surface area contributed by atoms with E-state index >= 15 is 0 Å². The molecular weight excluding hydrogens is 354 g/mol. The Labute approximate surface area is 145 Å². The summed E-state index contributed by atoms with van der Waals surface area (Å²) in [4.78, 5) is 31.6. The van der Waals surface area contributed by atoms with E-state index in [-0.39, 0.29) is 16.7 Å². The third-order valence-electron chi connectivity index (χ3n) is 3.24. The predicted octanol–water partition coefficient (Wildman–Crippen LogP) is 2.19. The molecule has 2 N–H and O–H groups in total. The first-order valence-corrected chi connectivity index (χ1v) is 9.89. The van der Waals surface area contributed by atoms with Gasteiger partial charge in [0, 0.05) is 17.1 Å². The van der Waals surface area contributed by atoms with Crippen LogP contribution >= 0.6 is 34.9 Å². The fraction of sp³-hybridized carbons (Fsp3) is 0.462. The van der Waals surface area contributed by atoms with Crippen LogP contribution in [0.2, 0.25) is 0 Å². The van der Waals surface area contributed by atoms with E-state index < -0.39 is 0 Å². The lowest BCUT2D eigenvalue weighted by atomic mass is 10.3. The van der Waals surface area contributed by atoms with Gasteiger partial charge in [-0.3, -0.25) is 14.9 Å². The number of aromatic nitrogens is 4. The van der Waals surface area contributed by atoms with Crippen molar-refractivity contribution >= 4 is 45.9 Å².